The first kappa shape index (κ1) is 15.0. The summed E-state index contributed by atoms with van der Waals surface area (Å²) in [4.78, 5) is 0. The Morgan fingerprint density at radius 1 is 0.941 bits per heavy atom. The maximum atomic E-state index is 6.43. The molecule has 0 amide bonds. The molecule has 0 bridgehead atoms. The zero-order valence-electron chi connectivity index (χ0n) is 12.4. The zero-order chi connectivity index (χ0) is 12.8. The molecular formula is C16H33N. The van der Waals surface area contributed by atoms with E-state index >= 15 is 0 Å². The van der Waals surface area contributed by atoms with Crippen molar-refractivity contribution >= 4 is 0 Å². The van der Waals surface area contributed by atoms with Gasteiger partial charge in [0.05, 0.1) is 0 Å². The predicted octanol–water partition coefficient (Wildman–Crippen LogP) is 4.60. The van der Waals surface area contributed by atoms with Crippen molar-refractivity contribution in [2.45, 2.75) is 78.7 Å². The van der Waals surface area contributed by atoms with Crippen LogP contribution in [-0.2, 0) is 0 Å². The van der Waals surface area contributed by atoms with Crippen LogP contribution in [0.25, 0.3) is 0 Å². The normalized spacial score (nSPS) is 38.3. The van der Waals surface area contributed by atoms with Crippen molar-refractivity contribution in [3.8, 4) is 0 Å². The van der Waals surface area contributed by atoms with Gasteiger partial charge in [0.1, 0.15) is 0 Å². The first-order valence-electron chi connectivity index (χ1n) is 7.87. The molecule has 1 heteroatoms. The second-order valence-corrected chi connectivity index (χ2v) is 6.33. The van der Waals surface area contributed by atoms with E-state index in [4.69, 9.17) is 5.73 Å². The molecule has 5 atom stereocenters. The van der Waals surface area contributed by atoms with Gasteiger partial charge in [-0.25, -0.2) is 0 Å². The summed E-state index contributed by atoms with van der Waals surface area (Å²) in [6, 6.07) is 0.467. The maximum Gasteiger partial charge on any atom is 0.00725 e. The lowest BCUT2D eigenvalue weighted by atomic mass is 9.63. The molecule has 0 aliphatic heterocycles. The van der Waals surface area contributed by atoms with Gasteiger partial charge in [-0.15, -0.1) is 0 Å². The number of hydrogen-bond acceptors (Lipinski definition) is 1. The number of rotatable bonds is 6. The summed E-state index contributed by atoms with van der Waals surface area (Å²) in [6.45, 7) is 9.49. The van der Waals surface area contributed by atoms with Crippen molar-refractivity contribution in [1.82, 2.24) is 0 Å². The van der Waals surface area contributed by atoms with E-state index in [1.807, 2.05) is 0 Å². The van der Waals surface area contributed by atoms with Gasteiger partial charge in [0.2, 0.25) is 0 Å². The van der Waals surface area contributed by atoms with Gasteiger partial charge in [0.15, 0.2) is 0 Å². The topological polar surface area (TPSA) is 26.0 Å². The van der Waals surface area contributed by atoms with Crippen molar-refractivity contribution in [2.24, 2.45) is 29.4 Å². The minimum atomic E-state index is 0.467. The maximum absolute atomic E-state index is 6.43. The molecule has 1 rings (SSSR count). The molecule has 0 heterocycles. The second kappa shape index (κ2) is 7.41. The molecule has 0 aromatic carbocycles. The van der Waals surface area contributed by atoms with Crippen molar-refractivity contribution < 1.29 is 0 Å². The number of unbranched alkanes of at least 4 members (excludes halogenated alkanes) is 2. The highest BCUT2D eigenvalue weighted by molar-refractivity contribution is 4.90. The summed E-state index contributed by atoms with van der Waals surface area (Å²) in [6.07, 6.45) is 9.40. The van der Waals surface area contributed by atoms with E-state index < -0.39 is 0 Å². The van der Waals surface area contributed by atoms with Gasteiger partial charge >= 0.3 is 0 Å². The van der Waals surface area contributed by atoms with Crippen LogP contribution in [0.3, 0.4) is 0 Å². The molecule has 1 aliphatic carbocycles. The monoisotopic (exact) mass is 239 g/mol. The molecule has 1 nitrogen and oxygen atoms in total. The SMILES string of the molecule is CCCCC1CC(N)C(CCCC)C(C)C1C. The molecule has 1 saturated carbocycles. The molecule has 5 unspecified atom stereocenters. The Balaban J connectivity index is 2.53. The minimum Gasteiger partial charge on any atom is -0.327 e. The van der Waals surface area contributed by atoms with Gasteiger partial charge in [0.25, 0.3) is 0 Å². The lowest BCUT2D eigenvalue weighted by Gasteiger charge is -2.44. The van der Waals surface area contributed by atoms with E-state index in [0.717, 1.165) is 23.7 Å². The van der Waals surface area contributed by atoms with Gasteiger partial charge in [-0.1, -0.05) is 59.8 Å². The molecule has 0 spiro atoms. The van der Waals surface area contributed by atoms with Crippen molar-refractivity contribution in [1.29, 1.82) is 0 Å². The van der Waals surface area contributed by atoms with Gasteiger partial charge in [-0.2, -0.15) is 0 Å². The molecular weight excluding hydrogens is 206 g/mol. The van der Waals surface area contributed by atoms with Crippen LogP contribution in [-0.4, -0.2) is 6.04 Å². The highest BCUT2D eigenvalue weighted by Gasteiger charge is 2.37. The van der Waals surface area contributed by atoms with Gasteiger partial charge < -0.3 is 5.73 Å². The van der Waals surface area contributed by atoms with Crippen molar-refractivity contribution in [3.05, 3.63) is 0 Å². The predicted molar refractivity (Wildman–Crippen MR) is 77.0 cm³/mol. The summed E-state index contributed by atoms with van der Waals surface area (Å²) in [7, 11) is 0. The van der Waals surface area contributed by atoms with E-state index in [1.54, 1.807) is 0 Å². The van der Waals surface area contributed by atoms with Crippen LogP contribution in [0.2, 0.25) is 0 Å². The Morgan fingerprint density at radius 3 is 2.12 bits per heavy atom. The van der Waals surface area contributed by atoms with E-state index in [-0.39, 0.29) is 0 Å². The number of nitrogens with two attached hydrogens (primary N) is 1. The molecule has 1 fully saturated rings. The Bertz CT molecular complexity index is 202. The lowest BCUT2D eigenvalue weighted by Crippen LogP contribution is -2.45. The molecule has 17 heavy (non-hydrogen) atoms. The third-order valence-corrected chi connectivity index (χ3v) is 5.19. The number of hydrogen-bond donors (Lipinski definition) is 1. The Morgan fingerprint density at radius 2 is 1.53 bits per heavy atom. The Labute approximate surface area is 109 Å². The molecule has 0 aromatic heterocycles. The van der Waals surface area contributed by atoms with Crippen LogP contribution < -0.4 is 5.73 Å². The van der Waals surface area contributed by atoms with E-state index in [1.165, 1.54) is 44.9 Å². The first-order valence-corrected chi connectivity index (χ1v) is 7.87. The van der Waals surface area contributed by atoms with E-state index in [9.17, 15) is 0 Å². The molecule has 0 aromatic rings. The first-order chi connectivity index (χ1) is 8.11. The van der Waals surface area contributed by atoms with Crippen LogP contribution in [0.15, 0.2) is 0 Å². The summed E-state index contributed by atoms with van der Waals surface area (Å²) in [5, 5.41) is 0. The summed E-state index contributed by atoms with van der Waals surface area (Å²) < 4.78 is 0. The Kier molecular flexibility index (Phi) is 6.54. The summed E-state index contributed by atoms with van der Waals surface area (Å²) in [5.41, 5.74) is 6.43. The van der Waals surface area contributed by atoms with Crippen molar-refractivity contribution in [2.75, 3.05) is 0 Å². The third-order valence-electron chi connectivity index (χ3n) is 5.19. The highest BCUT2D eigenvalue weighted by atomic mass is 14.7. The van der Waals surface area contributed by atoms with Crippen LogP contribution >= 0.6 is 0 Å². The molecule has 102 valence electrons. The van der Waals surface area contributed by atoms with Crippen LogP contribution in [0.5, 0.6) is 0 Å². The lowest BCUT2D eigenvalue weighted by molar-refractivity contribution is 0.0804. The highest BCUT2D eigenvalue weighted by Crippen LogP contribution is 2.42. The molecule has 0 radical (unpaired) electrons. The minimum absolute atomic E-state index is 0.467. The summed E-state index contributed by atoms with van der Waals surface area (Å²) >= 11 is 0. The van der Waals surface area contributed by atoms with Gasteiger partial charge in [0, 0.05) is 6.04 Å². The molecule has 0 saturated heterocycles. The van der Waals surface area contributed by atoms with Crippen molar-refractivity contribution in [3.63, 3.8) is 0 Å². The van der Waals surface area contributed by atoms with E-state index in [2.05, 4.69) is 27.7 Å². The quantitative estimate of drug-likeness (QED) is 0.720. The third kappa shape index (κ3) is 3.98. The average molecular weight is 239 g/mol. The van der Waals surface area contributed by atoms with Gasteiger partial charge in [-0.3, -0.25) is 0 Å². The standard InChI is InChI=1S/C16H33N/c1-5-7-9-14-11-16(17)15(10-8-6-2)13(4)12(14)3/h12-16H,5-11,17H2,1-4H3. The van der Waals surface area contributed by atoms with Crippen LogP contribution in [0.1, 0.15) is 72.6 Å². The van der Waals surface area contributed by atoms with Crippen LogP contribution in [0.4, 0.5) is 0 Å². The Hall–Kier alpha value is -0.0400. The van der Waals surface area contributed by atoms with Crippen LogP contribution in [0, 0.1) is 23.7 Å². The van der Waals surface area contributed by atoms with Gasteiger partial charge in [-0.05, 0) is 36.5 Å². The fraction of sp³-hybridized carbons (Fsp3) is 1.00. The molecule has 2 N–H and O–H groups in total. The summed E-state index contributed by atoms with van der Waals surface area (Å²) in [5.74, 6) is 3.37. The second-order valence-electron chi connectivity index (χ2n) is 6.33. The largest absolute Gasteiger partial charge is 0.327 e. The smallest absolute Gasteiger partial charge is 0.00725 e. The fourth-order valence-corrected chi connectivity index (χ4v) is 3.71. The fourth-order valence-electron chi connectivity index (χ4n) is 3.71. The average Bonchev–Trinajstić information content (AvgIpc) is 2.32. The zero-order valence-corrected chi connectivity index (χ0v) is 12.4. The molecule has 1 aliphatic rings. The van der Waals surface area contributed by atoms with E-state index in [0.29, 0.717) is 6.04 Å².